The Morgan fingerprint density at radius 2 is 1.67 bits per heavy atom. The van der Waals surface area contributed by atoms with Crippen LogP contribution in [0.4, 0.5) is 0 Å². The van der Waals surface area contributed by atoms with Gasteiger partial charge in [-0.1, -0.05) is 41.4 Å². The molecule has 1 heterocycles. The fourth-order valence-electron chi connectivity index (χ4n) is 3.23. The van der Waals surface area contributed by atoms with Crippen LogP contribution in [0, 0.1) is 5.92 Å². The van der Waals surface area contributed by atoms with E-state index < -0.39 is 6.10 Å². The Bertz CT molecular complexity index is 814. The first kappa shape index (κ1) is 19.7. The van der Waals surface area contributed by atoms with E-state index >= 15 is 0 Å². The molecule has 0 spiro atoms. The topological polar surface area (TPSA) is 46.6 Å². The van der Waals surface area contributed by atoms with Gasteiger partial charge in [0.2, 0.25) is 0 Å². The van der Waals surface area contributed by atoms with Crippen LogP contribution in [-0.2, 0) is 9.53 Å². The van der Waals surface area contributed by atoms with Gasteiger partial charge in [-0.15, -0.1) is 0 Å². The second-order valence-corrected chi connectivity index (χ2v) is 7.52. The molecular weight excluding hydrogens is 385 g/mol. The first-order valence-corrected chi connectivity index (χ1v) is 9.71. The molecular formula is C21H21Cl2NO3. The normalized spacial score (nSPS) is 16.0. The van der Waals surface area contributed by atoms with Crippen molar-refractivity contribution in [3.8, 4) is 0 Å². The van der Waals surface area contributed by atoms with E-state index in [1.165, 1.54) is 0 Å². The maximum Gasteiger partial charge on any atom is 0.309 e. The number of ether oxygens (including phenoxy) is 1. The number of halogens is 2. The summed E-state index contributed by atoms with van der Waals surface area (Å²) in [4.78, 5) is 26.8. The molecule has 1 amide bonds. The minimum atomic E-state index is -0.403. The molecule has 0 unspecified atom stereocenters. The number of likely N-dealkylation sites (tertiary alicyclic amines) is 1. The molecule has 1 aliphatic heterocycles. The van der Waals surface area contributed by atoms with Crippen LogP contribution in [0.5, 0.6) is 0 Å². The Kier molecular flexibility index (Phi) is 6.40. The number of carbonyl (C=O) groups excluding carboxylic acids is 2. The third-order valence-corrected chi connectivity index (χ3v) is 5.44. The van der Waals surface area contributed by atoms with Crippen molar-refractivity contribution < 1.29 is 14.3 Å². The molecule has 6 heteroatoms. The third kappa shape index (κ3) is 4.82. The van der Waals surface area contributed by atoms with Gasteiger partial charge >= 0.3 is 5.97 Å². The minimum Gasteiger partial charge on any atom is -0.458 e. The highest BCUT2D eigenvalue weighted by Crippen LogP contribution is 2.28. The summed E-state index contributed by atoms with van der Waals surface area (Å²) in [5.74, 6) is -0.479. The van der Waals surface area contributed by atoms with Crippen molar-refractivity contribution in [1.82, 2.24) is 4.90 Å². The average Bonchev–Trinajstić information content (AvgIpc) is 2.68. The Morgan fingerprint density at radius 3 is 2.30 bits per heavy atom. The van der Waals surface area contributed by atoms with E-state index in [0.717, 1.165) is 5.56 Å². The molecule has 0 bridgehead atoms. The second-order valence-electron chi connectivity index (χ2n) is 6.67. The van der Waals surface area contributed by atoms with Gasteiger partial charge in [-0.2, -0.15) is 0 Å². The van der Waals surface area contributed by atoms with Crippen LogP contribution in [0.25, 0.3) is 0 Å². The van der Waals surface area contributed by atoms with Crippen LogP contribution in [0.2, 0.25) is 10.0 Å². The Hall–Kier alpha value is -2.04. The van der Waals surface area contributed by atoms with Crippen molar-refractivity contribution in [3.05, 3.63) is 69.7 Å². The molecule has 0 aliphatic carbocycles. The Balaban J connectivity index is 1.54. The van der Waals surface area contributed by atoms with Gasteiger partial charge in [0, 0.05) is 34.3 Å². The molecule has 4 nitrogen and oxygen atoms in total. The quantitative estimate of drug-likeness (QED) is 0.660. The molecule has 2 aromatic rings. The highest BCUT2D eigenvalue weighted by molar-refractivity contribution is 6.31. The molecule has 0 aromatic heterocycles. The van der Waals surface area contributed by atoms with Crippen molar-refractivity contribution in [2.75, 3.05) is 13.1 Å². The lowest BCUT2D eigenvalue weighted by Crippen LogP contribution is -2.40. The number of hydrogen-bond acceptors (Lipinski definition) is 3. The summed E-state index contributed by atoms with van der Waals surface area (Å²) >= 11 is 12.0. The third-order valence-electron chi connectivity index (χ3n) is 4.84. The molecule has 1 saturated heterocycles. The van der Waals surface area contributed by atoms with Gasteiger partial charge in [-0.25, -0.2) is 0 Å². The largest absolute Gasteiger partial charge is 0.458 e. The summed E-state index contributed by atoms with van der Waals surface area (Å²) in [6.07, 6.45) is 0.779. The highest BCUT2D eigenvalue weighted by Gasteiger charge is 2.30. The number of amides is 1. The lowest BCUT2D eigenvalue weighted by molar-refractivity contribution is -0.155. The fraction of sp³-hybridized carbons (Fsp3) is 0.333. The monoisotopic (exact) mass is 405 g/mol. The van der Waals surface area contributed by atoms with Crippen molar-refractivity contribution in [2.45, 2.75) is 25.9 Å². The highest BCUT2D eigenvalue weighted by atomic mass is 35.5. The van der Waals surface area contributed by atoms with Crippen LogP contribution >= 0.6 is 23.2 Å². The van der Waals surface area contributed by atoms with Gasteiger partial charge in [-0.05, 0) is 50.1 Å². The van der Waals surface area contributed by atoms with E-state index in [-0.39, 0.29) is 17.8 Å². The molecule has 142 valence electrons. The summed E-state index contributed by atoms with van der Waals surface area (Å²) in [6.45, 7) is 2.88. The molecule has 0 saturated carbocycles. The van der Waals surface area contributed by atoms with Gasteiger partial charge in [0.25, 0.3) is 5.91 Å². The SMILES string of the molecule is C[C@H](OC(=O)C1CCN(C(=O)c2ccc(Cl)cc2)CC1)c1ccccc1Cl. The smallest absolute Gasteiger partial charge is 0.309 e. The maximum absolute atomic E-state index is 12.5. The van der Waals surface area contributed by atoms with Gasteiger partial charge in [0.15, 0.2) is 0 Å². The molecule has 1 aliphatic rings. The molecule has 1 fully saturated rings. The number of esters is 1. The van der Waals surface area contributed by atoms with Crippen LogP contribution in [0.15, 0.2) is 48.5 Å². The lowest BCUT2D eigenvalue weighted by atomic mass is 9.96. The number of nitrogens with zero attached hydrogens (tertiary/aromatic N) is 1. The van der Waals surface area contributed by atoms with E-state index in [2.05, 4.69) is 0 Å². The van der Waals surface area contributed by atoms with Crippen molar-refractivity contribution >= 4 is 35.1 Å². The Labute approximate surface area is 169 Å². The molecule has 2 aromatic carbocycles. The van der Waals surface area contributed by atoms with Gasteiger partial charge in [-0.3, -0.25) is 9.59 Å². The van der Waals surface area contributed by atoms with Crippen molar-refractivity contribution in [2.24, 2.45) is 5.92 Å². The maximum atomic E-state index is 12.5. The molecule has 27 heavy (non-hydrogen) atoms. The lowest BCUT2D eigenvalue weighted by Gasteiger charge is -2.31. The summed E-state index contributed by atoms with van der Waals surface area (Å²) < 4.78 is 5.61. The number of carbonyl (C=O) groups is 2. The number of piperidine rings is 1. The van der Waals surface area contributed by atoms with E-state index in [4.69, 9.17) is 27.9 Å². The van der Waals surface area contributed by atoms with E-state index in [1.807, 2.05) is 25.1 Å². The van der Waals surface area contributed by atoms with Crippen LogP contribution in [0.1, 0.15) is 41.8 Å². The fourth-order valence-corrected chi connectivity index (χ4v) is 3.65. The van der Waals surface area contributed by atoms with Gasteiger partial charge < -0.3 is 9.64 Å². The Morgan fingerprint density at radius 1 is 1.04 bits per heavy atom. The first-order valence-electron chi connectivity index (χ1n) is 8.95. The molecule has 1 atom stereocenters. The van der Waals surface area contributed by atoms with E-state index in [0.29, 0.717) is 41.5 Å². The zero-order valence-corrected chi connectivity index (χ0v) is 16.5. The van der Waals surface area contributed by atoms with Gasteiger partial charge in [0.05, 0.1) is 5.92 Å². The van der Waals surface area contributed by atoms with E-state index in [9.17, 15) is 9.59 Å². The molecule has 0 N–H and O–H groups in total. The van der Waals surface area contributed by atoms with Crippen molar-refractivity contribution in [1.29, 1.82) is 0 Å². The average molecular weight is 406 g/mol. The van der Waals surface area contributed by atoms with Crippen LogP contribution < -0.4 is 0 Å². The zero-order valence-electron chi connectivity index (χ0n) is 15.0. The van der Waals surface area contributed by atoms with E-state index in [1.54, 1.807) is 35.2 Å². The predicted octanol–water partition coefficient (Wildman–Crippen LogP) is 5.15. The predicted molar refractivity (Wildman–Crippen MR) is 106 cm³/mol. The van der Waals surface area contributed by atoms with Crippen LogP contribution in [0.3, 0.4) is 0 Å². The first-order chi connectivity index (χ1) is 13.0. The standard InChI is InChI=1S/C21H21Cl2NO3/c1-14(18-4-2-3-5-19(18)23)27-21(26)16-10-12-24(13-11-16)20(25)15-6-8-17(22)9-7-15/h2-9,14,16H,10-13H2,1H3/t14-/m0/s1. The molecule has 0 radical (unpaired) electrons. The summed E-state index contributed by atoms with van der Waals surface area (Å²) in [5, 5.41) is 1.18. The number of hydrogen-bond donors (Lipinski definition) is 0. The second kappa shape index (κ2) is 8.77. The minimum absolute atomic E-state index is 0.0390. The number of rotatable bonds is 4. The van der Waals surface area contributed by atoms with Crippen LogP contribution in [-0.4, -0.2) is 29.9 Å². The van der Waals surface area contributed by atoms with Gasteiger partial charge in [0.1, 0.15) is 6.10 Å². The summed E-state index contributed by atoms with van der Waals surface area (Å²) in [5.41, 5.74) is 1.40. The number of benzene rings is 2. The van der Waals surface area contributed by atoms with Crippen molar-refractivity contribution in [3.63, 3.8) is 0 Å². The molecule has 3 rings (SSSR count). The zero-order chi connectivity index (χ0) is 19.4. The summed E-state index contributed by atoms with van der Waals surface area (Å²) in [6, 6.07) is 14.2. The summed E-state index contributed by atoms with van der Waals surface area (Å²) in [7, 11) is 0.